The first-order valence-electron chi connectivity index (χ1n) is 6.17. The lowest BCUT2D eigenvalue weighted by atomic mass is 10.1. The molecule has 1 saturated heterocycles. The summed E-state index contributed by atoms with van der Waals surface area (Å²) in [6.45, 7) is 0.287. The molecule has 0 aromatic heterocycles. The molecule has 1 atom stereocenters. The van der Waals surface area contributed by atoms with E-state index in [1.54, 1.807) is 0 Å². The number of aliphatic carboxylic acids is 1. The summed E-state index contributed by atoms with van der Waals surface area (Å²) in [4.78, 5) is 22.0. The standard InChI is InChI=1S/C11H19NO6S/c1-18-11(15)9-5-2-3-7-12(9)19(16,17)8-4-6-10(13)14/h9H,2-8H2,1H3,(H,13,14). The van der Waals surface area contributed by atoms with E-state index in [4.69, 9.17) is 5.11 Å². The first-order chi connectivity index (χ1) is 8.88. The van der Waals surface area contributed by atoms with Gasteiger partial charge in [0.15, 0.2) is 0 Å². The predicted octanol–water partition coefficient (Wildman–Crippen LogP) is 0.208. The molecule has 0 saturated carbocycles. The zero-order valence-corrected chi connectivity index (χ0v) is 11.7. The molecule has 1 aliphatic heterocycles. The van der Waals surface area contributed by atoms with Crippen molar-refractivity contribution in [3.63, 3.8) is 0 Å². The minimum absolute atomic E-state index is 0.0437. The topological polar surface area (TPSA) is 101 Å². The average molecular weight is 293 g/mol. The number of ether oxygens (including phenoxy) is 1. The van der Waals surface area contributed by atoms with Crippen molar-refractivity contribution in [1.29, 1.82) is 0 Å². The largest absolute Gasteiger partial charge is 0.481 e. The van der Waals surface area contributed by atoms with Crippen molar-refractivity contribution >= 4 is 22.0 Å². The molecule has 0 aliphatic carbocycles. The van der Waals surface area contributed by atoms with Crippen LogP contribution < -0.4 is 0 Å². The molecule has 0 aromatic carbocycles. The van der Waals surface area contributed by atoms with E-state index in [0.717, 1.165) is 10.7 Å². The van der Waals surface area contributed by atoms with Gasteiger partial charge in [-0.2, -0.15) is 4.31 Å². The van der Waals surface area contributed by atoms with Gasteiger partial charge in [0.1, 0.15) is 6.04 Å². The fourth-order valence-electron chi connectivity index (χ4n) is 2.13. The summed E-state index contributed by atoms with van der Waals surface area (Å²) in [6.07, 6.45) is 1.77. The van der Waals surface area contributed by atoms with Gasteiger partial charge in [-0.05, 0) is 25.7 Å². The van der Waals surface area contributed by atoms with Gasteiger partial charge in [0.25, 0.3) is 0 Å². The summed E-state index contributed by atoms with van der Waals surface area (Å²) in [6, 6.07) is -0.770. The summed E-state index contributed by atoms with van der Waals surface area (Å²) in [7, 11) is -2.39. The van der Waals surface area contributed by atoms with Crippen molar-refractivity contribution in [2.45, 2.75) is 38.1 Å². The normalized spacial score (nSPS) is 21.0. The van der Waals surface area contributed by atoms with E-state index in [0.29, 0.717) is 12.8 Å². The molecular weight excluding hydrogens is 274 g/mol. The van der Waals surface area contributed by atoms with Gasteiger partial charge in [-0.3, -0.25) is 9.59 Å². The van der Waals surface area contributed by atoms with Crippen molar-refractivity contribution in [3.05, 3.63) is 0 Å². The number of hydrogen-bond donors (Lipinski definition) is 1. The second-order valence-corrected chi connectivity index (χ2v) is 6.50. The van der Waals surface area contributed by atoms with E-state index in [9.17, 15) is 18.0 Å². The Kier molecular flexibility index (Phi) is 5.74. The van der Waals surface area contributed by atoms with Crippen LogP contribution in [0, 0.1) is 0 Å². The van der Waals surface area contributed by atoms with Gasteiger partial charge in [0, 0.05) is 13.0 Å². The number of carboxylic acids is 1. The van der Waals surface area contributed by atoms with Gasteiger partial charge >= 0.3 is 11.9 Å². The number of sulfonamides is 1. The van der Waals surface area contributed by atoms with Gasteiger partial charge in [0.05, 0.1) is 12.9 Å². The molecule has 0 spiro atoms. The molecule has 0 radical (unpaired) electrons. The van der Waals surface area contributed by atoms with Crippen LogP contribution in [-0.4, -0.2) is 55.2 Å². The Bertz CT molecular complexity index is 432. The fraction of sp³-hybridized carbons (Fsp3) is 0.818. The second kappa shape index (κ2) is 6.85. The van der Waals surface area contributed by atoms with Crippen LogP contribution in [0.25, 0.3) is 0 Å². The van der Waals surface area contributed by atoms with Crippen LogP contribution in [-0.2, 0) is 24.3 Å². The highest BCUT2D eigenvalue weighted by Gasteiger charge is 2.36. The Morgan fingerprint density at radius 3 is 2.63 bits per heavy atom. The van der Waals surface area contributed by atoms with Gasteiger partial charge < -0.3 is 9.84 Å². The number of piperidine rings is 1. The maximum absolute atomic E-state index is 12.1. The molecule has 7 nitrogen and oxygen atoms in total. The molecular formula is C11H19NO6S. The van der Waals surface area contributed by atoms with Crippen LogP contribution in [0.15, 0.2) is 0 Å². The van der Waals surface area contributed by atoms with Gasteiger partial charge in [0.2, 0.25) is 10.0 Å². The number of carbonyl (C=O) groups is 2. The molecule has 0 bridgehead atoms. The Morgan fingerprint density at radius 2 is 2.05 bits per heavy atom. The number of carboxylic acid groups (broad SMARTS) is 1. The Labute approximate surface area is 112 Å². The zero-order chi connectivity index (χ0) is 14.5. The van der Waals surface area contributed by atoms with E-state index in [1.165, 1.54) is 7.11 Å². The number of methoxy groups -OCH3 is 1. The first-order valence-corrected chi connectivity index (χ1v) is 7.78. The fourth-order valence-corrected chi connectivity index (χ4v) is 3.86. The third kappa shape index (κ3) is 4.46. The SMILES string of the molecule is COC(=O)C1CCCCN1S(=O)(=O)CCCC(=O)O. The van der Waals surface area contributed by atoms with Gasteiger partial charge in [-0.25, -0.2) is 8.42 Å². The molecule has 0 aromatic rings. The summed E-state index contributed by atoms with van der Waals surface area (Å²) in [5.41, 5.74) is 0. The van der Waals surface area contributed by atoms with E-state index >= 15 is 0 Å². The summed E-state index contributed by atoms with van der Waals surface area (Å²) < 4.78 is 30.0. The van der Waals surface area contributed by atoms with Crippen LogP contribution in [0.1, 0.15) is 32.1 Å². The van der Waals surface area contributed by atoms with Crippen molar-refractivity contribution in [2.24, 2.45) is 0 Å². The predicted molar refractivity (Wildman–Crippen MR) is 67.0 cm³/mol. The molecule has 1 aliphatic rings. The molecule has 0 amide bonds. The molecule has 19 heavy (non-hydrogen) atoms. The maximum atomic E-state index is 12.1. The Morgan fingerprint density at radius 1 is 1.37 bits per heavy atom. The van der Waals surface area contributed by atoms with E-state index < -0.39 is 28.0 Å². The van der Waals surface area contributed by atoms with Crippen LogP contribution >= 0.6 is 0 Å². The zero-order valence-electron chi connectivity index (χ0n) is 10.9. The van der Waals surface area contributed by atoms with E-state index in [1.807, 2.05) is 0 Å². The van der Waals surface area contributed by atoms with E-state index in [2.05, 4.69) is 4.74 Å². The van der Waals surface area contributed by atoms with Crippen molar-refractivity contribution in [2.75, 3.05) is 19.4 Å². The van der Waals surface area contributed by atoms with Crippen LogP contribution in [0.3, 0.4) is 0 Å². The average Bonchev–Trinajstić information content (AvgIpc) is 2.37. The number of hydrogen-bond acceptors (Lipinski definition) is 5. The third-order valence-corrected chi connectivity index (χ3v) is 5.03. The van der Waals surface area contributed by atoms with E-state index in [-0.39, 0.29) is 25.1 Å². The number of nitrogens with zero attached hydrogens (tertiary/aromatic N) is 1. The van der Waals surface area contributed by atoms with Gasteiger partial charge in [-0.1, -0.05) is 0 Å². The lowest BCUT2D eigenvalue weighted by molar-refractivity contribution is -0.146. The number of esters is 1. The molecule has 1 unspecified atom stereocenters. The molecule has 8 heteroatoms. The van der Waals surface area contributed by atoms with Crippen LogP contribution in [0.5, 0.6) is 0 Å². The minimum Gasteiger partial charge on any atom is -0.481 e. The lowest BCUT2D eigenvalue weighted by Crippen LogP contribution is -2.49. The molecule has 1 rings (SSSR count). The van der Waals surface area contributed by atoms with Crippen molar-refractivity contribution in [1.82, 2.24) is 4.31 Å². The van der Waals surface area contributed by atoms with Crippen molar-refractivity contribution < 1.29 is 27.9 Å². The maximum Gasteiger partial charge on any atom is 0.324 e. The third-order valence-electron chi connectivity index (χ3n) is 3.08. The monoisotopic (exact) mass is 293 g/mol. The summed E-state index contributed by atoms with van der Waals surface area (Å²) in [5, 5.41) is 8.52. The summed E-state index contributed by atoms with van der Waals surface area (Å²) in [5.74, 6) is -1.84. The quantitative estimate of drug-likeness (QED) is 0.702. The van der Waals surface area contributed by atoms with Crippen LogP contribution in [0.4, 0.5) is 0 Å². The lowest BCUT2D eigenvalue weighted by Gasteiger charge is -2.32. The highest BCUT2D eigenvalue weighted by Crippen LogP contribution is 2.22. The second-order valence-electron chi connectivity index (χ2n) is 4.46. The summed E-state index contributed by atoms with van der Waals surface area (Å²) >= 11 is 0. The first kappa shape index (κ1) is 15.9. The van der Waals surface area contributed by atoms with Crippen LogP contribution in [0.2, 0.25) is 0 Å². The highest BCUT2D eigenvalue weighted by atomic mass is 32.2. The Balaban J connectivity index is 2.72. The molecule has 110 valence electrons. The highest BCUT2D eigenvalue weighted by molar-refractivity contribution is 7.89. The van der Waals surface area contributed by atoms with Crippen molar-refractivity contribution in [3.8, 4) is 0 Å². The minimum atomic E-state index is -3.61. The number of carbonyl (C=O) groups excluding carboxylic acids is 1. The van der Waals surface area contributed by atoms with Gasteiger partial charge in [-0.15, -0.1) is 0 Å². The molecule has 1 N–H and O–H groups in total. The molecule has 1 fully saturated rings. The Hall–Kier alpha value is -1.15. The number of rotatable bonds is 6. The molecule has 1 heterocycles. The smallest absolute Gasteiger partial charge is 0.324 e.